The molecule has 0 radical (unpaired) electrons. The standard InChI is InChI=1S/C24H31FN8O4/c25-18-1-3-19(4-2-18)31-13-11-30(12-14-31)8-5-20-16-24(23(36)33(20)37-17-34)6-9-32(10-7-24)22(35)15-21-26-28-29-27-21/h1-4,17,20H,5-16H2,(H,26,27,28,29)/t20-/m0/s1. The third kappa shape index (κ3) is 5.41. The van der Waals surface area contributed by atoms with Gasteiger partial charge in [-0.25, -0.2) is 4.39 Å². The topological polar surface area (TPSA) is 128 Å². The first-order chi connectivity index (χ1) is 18.0. The fourth-order valence-corrected chi connectivity index (χ4v) is 5.74. The fourth-order valence-electron chi connectivity index (χ4n) is 5.74. The lowest BCUT2D eigenvalue weighted by Gasteiger charge is -2.37. The second-order valence-corrected chi connectivity index (χ2v) is 9.95. The number of hydrogen-bond donors (Lipinski definition) is 1. The van der Waals surface area contributed by atoms with Crippen molar-refractivity contribution in [3.63, 3.8) is 0 Å². The van der Waals surface area contributed by atoms with E-state index in [1.165, 1.54) is 17.2 Å². The van der Waals surface area contributed by atoms with Crippen molar-refractivity contribution in [3.05, 3.63) is 35.9 Å². The third-order valence-corrected chi connectivity index (χ3v) is 7.88. The number of anilines is 1. The monoisotopic (exact) mass is 514 g/mol. The van der Waals surface area contributed by atoms with E-state index in [1.807, 2.05) is 0 Å². The molecule has 5 rings (SSSR count). The van der Waals surface area contributed by atoms with Gasteiger partial charge in [0.1, 0.15) is 5.82 Å². The van der Waals surface area contributed by atoms with Crippen LogP contribution in [0.2, 0.25) is 0 Å². The molecule has 3 aliphatic heterocycles. The minimum absolute atomic E-state index is 0.0644. The number of rotatable bonds is 8. The SMILES string of the molecule is O=CON1C(=O)C2(CCN(C(=O)Cc3nn[nH]n3)CC2)C[C@@H]1CCN1CCN(c2ccc(F)cc2)CC1. The van der Waals surface area contributed by atoms with E-state index in [-0.39, 0.29) is 30.1 Å². The van der Waals surface area contributed by atoms with E-state index < -0.39 is 5.41 Å². The van der Waals surface area contributed by atoms with E-state index >= 15 is 0 Å². The summed E-state index contributed by atoms with van der Waals surface area (Å²) in [6, 6.07) is 6.35. The van der Waals surface area contributed by atoms with Gasteiger partial charge in [-0.1, -0.05) is 5.21 Å². The molecule has 2 amide bonds. The minimum Gasteiger partial charge on any atom is -0.369 e. The average Bonchev–Trinajstić information content (AvgIpc) is 3.51. The molecule has 1 aromatic heterocycles. The van der Waals surface area contributed by atoms with Crippen LogP contribution in [0, 0.1) is 11.2 Å². The van der Waals surface area contributed by atoms with E-state index in [9.17, 15) is 18.8 Å². The number of amides is 2. The molecule has 1 spiro atoms. The number of likely N-dealkylation sites (tertiary alicyclic amines) is 1. The van der Waals surface area contributed by atoms with Gasteiger partial charge in [-0.15, -0.1) is 10.2 Å². The number of tetrazole rings is 1. The molecule has 13 heteroatoms. The highest BCUT2D eigenvalue weighted by Gasteiger charge is 2.54. The van der Waals surface area contributed by atoms with Crippen molar-refractivity contribution >= 4 is 24.0 Å². The number of aromatic amines is 1. The van der Waals surface area contributed by atoms with Gasteiger partial charge in [-0.05, 0) is 49.9 Å². The zero-order valence-corrected chi connectivity index (χ0v) is 20.6. The molecule has 0 unspecified atom stereocenters. The molecule has 1 N–H and O–H groups in total. The molecule has 2 aromatic rings. The van der Waals surface area contributed by atoms with Gasteiger partial charge in [0.2, 0.25) is 5.91 Å². The first kappa shape index (κ1) is 25.1. The van der Waals surface area contributed by atoms with Crippen LogP contribution < -0.4 is 4.90 Å². The van der Waals surface area contributed by atoms with Crippen molar-refractivity contribution in [3.8, 4) is 0 Å². The summed E-state index contributed by atoms with van der Waals surface area (Å²) < 4.78 is 13.2. The van der Waals surface area contributed by atoms with Gasteiger partial charge in [0.15, 0.2) is 5.82 Å². The van der Waals surface area contributed by atoms with Crippen LogP contribution in [0.3, 0.4) is 0 Å². The number of aromatic nitrogens is 4. The smallest absolute Gasteiger partial charge is 0.320 e. The summed E-state index contributed by atoms with van der Waals surface area (Å²) in [6.07, 6.45) is 2.40. The molecule has 3 fully saturated rings. The summed E-state index contributed by atoms with van der Waals surface area (Å²) in [6.45, 7) is 5.38. The normalized spacial score (nSPS) is 22.0. The van der Waals surface area contributed by atoms with E-state index in [0.29, 0.717) is 51.1 Å². The first-order valence-electron chi connectivity index (χ1n) is 12.6. The van der Waals surface area contributed by atoms with Crippen LogP contribution in [-0.2, 0) is 25.6 Å². The number of carbonyl (C=O) groups is 3. The number of benzene rings is 1. The Labute approximate surface area is 213 Å². The lowest BCUT2D eigenvalue weighted by Crippen LogP contribution is -2.47. The fraction of sp³-hybridized carbons (Fsp3) is 0.583. The Kier molecular flexibility index (Phi) is 7.31. The van der Waals surface area contributed by atoms with Gasteiger partial charge in [0.25, 0.3) is 5.91 Å². The molecule has 3 aliphatic rings. The Balaban J connectivity index is 1.13. The Morgan fingerprint density at radius 2 is 1.86 bits per heavy atom. The highest BCUT2D eigenvalue weighted by molar-refractivity contribution is 5.86. The maximum atomic E-state index is 13.3. The number of hydroxylamine groups is 2. The number of carbonyl (C=O) groups excluding carboxylic acids is 3. The highest BCUT2D eigenvalue weighted by Crippen LogP contribution is 2.45. The maximum Gasteiger partial charge on any atom is 0.320 e. The lowest BCUT2D eigenvalue weighted by molar-refractivity contribution is -0.192. The van der Waals surface area contributed by atoms with E-state index in [0.717, 1.165) is 38.4 Å². The van der Waals surface area contributed by atoms with Crippen molar-refractivity contribution in [2.24, 2.45) is 5.41 Å². The van der Waals surface area contributed by atoms with Crippen LogP contribution in [0.4, 0.5) is 10.1 Å². The predicted molar refractivity (Wildman–Crippen MR) is 128 cm³/mol. The second kappa shape index (κ2) is 10.8. The lowest BCUT2D eigenvalue weighted by atomic mass is 9.75. The van der Waals surface area contributed by atoms with Crippen molar-refractivity contribution in [1.82, 2.24) is 35.5 Å². The summed E-state index contributed by atoms with van der Waals surface area (Å²) in [5.74, 6) is -0.170. The summed E-state index contributed by atoms with van der Waals surface area (Å²) in [4.78, 5) is 48.6. The van der Waals surface area contributed by atoms with Gasteiger partial charge >= 0.3 is 6.47 Å². The molecule has 1 aromatic carbocycles. The molecule has 4 heterocycles. The third-order valence-electron chi connectivity index (χ3n) is 7.88. The number of nitrogens with one attached hydrogen (secondary N) is 1. The Morgan fingerprint density at radius 3 is 2.51 bits per heavy atom. The van der Waals surface area contributed by atoms with Crippen LogP contribution in [0.5, 0.6) is 0 Å². The van der Waals surface area contributed by atoms with Crippen LogP contribution in [0.15, 0.2) is 24.3 Å². The van der Waals surface area contributed by atoms with E-state index in [4.69, 9.17) is 4.84 Å². The average molecular weight is 515 g/mol. The summed E-state index contributed by atoms with van der Waals surface area (Å²) in [7, 11) is 0. The van der Waals surface area contributed by atoms with Gasteiger partial charge in [-0.3, -0.25) is 19.3 Å². The quantitative estimate of drug-likeness (QED) is 0.498. The number of piperidine rings is 1. The molecular weight excluding hydrogens is 483 g/mol. The Hall–Kier alpha value is -3.61. The van der Waals surface area contributed by atoms with Crippen molar-refractivity contribution in [1.29, 1.82) is 0 Å². The van der Waals surface area contributed by atoms with Crippen molar-refractivity contribution < 1.29 is 23.6 Å². The number of piperazine rings is 1. The predicted octanol–water partition coefficient (Wildman–Crippen LogP) is 0.391. The first-order valence-corrected chi connectivity index (χ1v) is 12.6. The summed E-state index contributed by atoms with van der Waals surface area (Å²) in [5.41, 5.74) is 0.384. The molecular formula is C24H31FN8O4. The second-order valence-electron chi connectivity index (χ2n) is 9.95. The molecule has 0 saturated carbocycles. The molecule has 37 heavy (non-hydrogen) atoms. The Bertz CT molecular complexity index is 1080. The number of H-pyrrole nitrogens is 1. The minimum atomic E-state index is -0.627. The largest absolute Gasteiger partial charge is 0.369 e. The van der Waals surface area contributed by atoms with Crippen LogP contribution in [0.1, 0.15) is 31.5 Å². The van der Waals surface area contributed by atoms with Crippen molar-refractivity contribution in [2.45, 2.75) is 38.1 Å². The molecule has 0 bridgehead atoms. The van der Waals surface area contributed by atoms with Crippen LogP contribution in [-0.4, -0.2) is 106 Å². The number of hydrogen-bond acceptors (Lipinski definition) is 9. The summed E-state index contributed by atoms with van der Waals surface area (Å²) in [5, 5.41) is 14.7. The molecule has 3 saturated heterocycles. The Morgan fingerprint density at radius 1 is 1.14 bits per heavy atom. The maximum absolute atomic E-state index is 13.3. The van der Waals surface area contributed by atoms with Crippen molar-refractivity contribution in [2.75, 3.05) is 50.7 Å². The van der Waals surface area contributed by atoms with Gasteiger partial charge in [0, 0.05) is 51.5 Å². The molecule has 12 nitrogen and oxygen atoms in total. The highest BCUT2D eigenvalue weighted by atomic mass is 19.1. The molecule has 1 atom stereocenters. The zero-order valence-electron chi connectivity index (χ0n) is 20.6. The van der Waals surface area contributed by atoms with Crippen LogP contribution >= 0.6 is 0 Å². The number of halogens is 1. The van der Waals surface area contributed by atoms with Gasteiger partial charge in [0.05, 0.1) is 17.9 Å². The molecule has 198 valence electrons. The van der Waals surface area contributed by atoms with Gasteiger partial charge in [-0.2, -0.15) is 10.3 Å². The van der Waals surface area contributed by atoms with E-state index in [2.05, 4.69) is 30.4 Å². The van der Waals surface area contributed by atoms with E-state index in [1.54, 1.807) is 17.0 Å². The zero-order chi connectivity index (χ0) is 25.8. The van der Waals surface area contributed by atoms with Crippen LogP contribution in [0.25, 0.3) is 0 Å². The van der Waals surface area contributed by atoms with Gasteiger partial charge < -0.3 is 14.6 Å². The summed E-state index contributed by atoms with van der Waals surface area (Å²) >= 11 is 0. The number of nitrogens with zero attached hydrogens (tertiary/aromatic N) is 7. The molecule has 0 aliphatic carbocycles.